The summed E-state index contributed by atoms with van der Waals surface area (Å²) >= 11 is 3.48. The zero-order valence-corrected chi connectivity index (χ0v) is 12.4. The van der Waals surface area contributed by atoms with Crippen molar-refractivity contribution in [1.29, 1.82) is 0 Å². The van der Waals surface area contributed by atoms with E-state index in [2.05, 4.69) is 33.9 Å². The van der Waals surface area contributed by atoms with E-state index in [1.54, 1.807) is 0 Å². The molecule has 0 radical (unpaired) electrons. The molecule has 0 aromatic heterocycles. The first-order valence-corrected chi connectivity index (χ1v) is 7.28. The van der Waals surface area contributed by atoms with E-state index in [1.807, 2.05) is 12.1 Å². The van der Waals surface area contributed by atoms with Crippen molar-refractivity contribution in [2.75, 3.05) is 25.9 Å². The summed E-state index contributed by atoms with van der Waals surface area (Å²) < 4.78 is 6.80. The summed E-state index contributed by atoms with van der Waals surface area (Å²) in [6, 6.07) is 6.07. The van der Waals surface area contributed by atoms with Crippen LogP contribution in [0, 0.1) is 0 Å². The summed E-state index contributed by atoms with van der Waals surface area (Å²) in [7, 11) is 2.13. The average Bonchev–Trinajstić information content (AvgIpc) is 2.28. The first-order chi connectivity index (χ1) is 8.63. The largest absolute Gasteiger partial charge is 0.399 e. The number of nitrogens with two attached hydrogens (primary N) is 1. The number of hydrogen-bond acceptors (Lipinski definition) is 3. The Balaban J connectivity index is 1.87. The second-order valence-electron chi connectivity index (χ2n) is 5.08. The van der Waals surface area contributed by atoms with Crippen LogP contribution in [0.3, 0.4) is 0 Å². The van der Waals surface area contributed by atoms with Crippen LogP contribution in [0.4, 0.5) is 5.69 Å². The molecule has 1 heterocycles. The van der Waals surface area contributed by atoms with E-state index >= 15 is 0 Å². The zero-order valence-electron chi connectivity index (χ0n) is 10.9. The summed E-state index contributed by atoms with van der Waals surface area (Å²) in [5.41, 5.74) is 7.89. The molecule has 2 N–H and O–H groups in total. The number of likely N-dealkylation sites (N-methyl/N-ethyl adjacent to an activating group) is 1. The standard InChI is InChI=1S/C14H21BrN2O/c1-17(10-14-4-2-3-5-18-14)9-11-6-12(15)8-13(16)7-11/h6-8,14H,2-5,9-10,16H2,1H3. The molecule has 100 valence electrons. The third kappa shape index (κ3) is 4.26. The molecule has 1 aromatic rings. The first kappa shape index (κ1) is 13.8. The van der Waals surface area contributed by atoms with Gasteiger partial charge in [-0.1, -0.05) is 15.9 Å². The Bertz CT molecular complexity index is 371. The molecular formula is C14H21BrN2O. The topological polar surface area (TPSA) is 38.5 Å². The van der Waals surface area contributed by atoms with E-state index in [0.29, 0.717) is 6.10 Å². The SMILES string of the molecule is CN(Cc1cc(N)cc(Br)c1)CC1CCCCO1. The minimum atomic E-state index is 0.397. The fraction of sp³-hybridized carbons (Fsp3) is 0.571. The molecule has 1 fully saturated rings. The summed E-state index contributed by atoms with van der Waals surface area (Å²) in [5.74, 6) is 0. The van der Waals surface area contributed by atoms with Gasteiger partial charge in [-0.3, -0.25) is 4.90 Å². The highest BCUT2D eigenvalue weighted by Crippen LogP contribution is 2.19. The molecule has 0 saturated carbocycles. The Kier molecular flexibility index (Phi) is 5.03. The molecule has 0 bridgehead atoms. The fourth-order valence-corrected chi connectivity index (χ4v) is 3.00. The number of hydrogen-bond donors (Lipinski definition) is 1. The van der Waals surface area contributed by atoms with Gasteiger partial charge in [0.1, 0.15) is 0 Å². The molecule has 0 spiro atoms. The summed E-state index contributed by atoms with van der Waals surface area (Å²) in [6.07, 6.45) is 4.09. The van der Waals surface area contributed by atoms with Crippen molar-refractivity contribution in [3.8, 4) is 0 Å². The van der Waals surface area contributed by atoms with E-state index in [9.17, 15) is 0 Å². The van der Waals surface area contributed by atoms with Gasteiger partial charge in [0, 0.05) is 29.9 Å². The monoisotopic (exact) mass is 312 g/mol. The second kappa shape index (κ2) is 6.55. The minimum absolute atomic E-state index is 0.397. The summed E-state index contributed by atoms with van der Waals surface area (Å²) in [5, 5.41) is 0. The molecule has 1 aliphatic rings. The number of benzene rings is 1. The molecule has 1 atom stereocenters. The molecule has 0 amide bonds. The van der Waals surface area contributed by atoms with Gasteiger partial charge in [0.15, 0.2) is 0 Å². The van der Waals surface area contributed by atoms with Gasteiger partial charge >= 0.3 is 0 Å². The quantitative estimate of drug-likeness (QED) is 0.869. The predicted molar refractivity (Wildman–Crippen MR) is 78.5 cm³/mol. The number of nitrogen functional groups attached to an aromatic ring is 1. The summed E-state index contributed by atoms with van der Waals surface area (Å²) in [4.78, 5) is 2.30. The van der Waals surface area contributed by atoms with Gasteiger partial charge in [-0.2, -0.15) is 0 Å². The van der Waals surface area contributed by atoms with Crippen molar-refractivity contribution in [3.63, 3.8) is 0 Å². The van der Waals surface area contributed by atoms with Gasteiger partial charge < -0.3 is 10.5 Å². The lowest BCUT2D eigenvalue weighted by atomic mass is 10.1. The Morgan fingerprint density at radius 3 is 2.89 bits per heavy atom. The number of halogens is 1. The summed E-state index contributed by atoms with van der Waals surface area (Å²) in [6.45, 7) is 2.82. The molecule has 0 aliphatic carbocycles. The van der Waals surface area contributed by atoms with E-state index in [0.717, 1.165) is 29.9 Å². The van der Waals surface area contributed by atoms with Gasteiger partial charge in [-0.25, -0.2) is 0 Å². The van der Waals surface area contributed by atoms with Crippen LogP contribution in [-0.2, 0) is 11.3 Å². The molecule has 3 nitrogen and oxygen atoms in total. The first-order valence-electron chi connectivity index (χ1n) is 6.48. The number of ether oxygens (including phenoxy) is 1. The zero-order chi connectivity index (χ0) is 13.0. The van der Waals surface area contributed by atoms with Gasteiger partial charge in [-0.05, 0) is 50.1 Å². The molecule has 1 aliphatic heterocycles. The third-order valence-electron chi connectivity index (χ3n) is 3.22. The van der Waals surface area contributed by atoms with E-state index in [-0.39, 0.29) is 0 Å². The molecule has 1 unspecified atom stereocenters. The van der Waals surface area contributed by atoms with Crippen molar-refractivity contribution >= 4 is 21.6 Å². The molecule has 1 aromatic carbocycles. The second-order valence-corrected chi connectivity index (χ2v) is 5.99. The van der Waals surface area contributed by atoms with Crippen LogP contribution in [0.15, 0.2) is 22.7 Å². The average molecular weight is 313 g/mol. The van der Waals surface area contributed by atoms with Crippen molar-refractivity contribution in [2.45, 2.75) is 31.9 Å². The van der Waals surface area contributed by atoms with Gasteiger partial charge in [0.25, 0.3) is 0 Å². The predicted octanol–water partition coefficient (Wildman–Crippen LogP) is 3.03. The van der Waals surface area contributed by atoms with Gasteiger partial charge in [0.2, 0.25) is 0 Å². The Morgan fingerprint density at radius 2 is 2.22 bits per heavy atom. The molecular weight excluding hydrogens is 292 g/mol. The Hall–Kier alpha value is -0.580. The lowest BCUT2D eigenvalue weighted by Gasteiger charge is -2.27. The number of nitrogens with zero attached hydrogens (tertiary/aromatic N) is 1. The van der Waals surface area contributed by atoms with Gasteiger partial charge in [0.05, 0.1) is 6.10 Å². The van der Waals surface area contributed by atoms with Crippen LogP contribution in [0.2, 0.25) is 0 Å². The number of rotatable bonds is 4. The van der Waals surface area contributed by atoms with Crippen molar-refractivity contribution in [3.05, 3.63) is 28.2 Å². The van der Waals surface area contributed by atoms with Gasteiger partial charge in [-0.15, -0.1) is 0 Å². The van der Waals surface area contributed by atoms with Crippen LogP contribution in [-0.4, -0.2) is 31.2 Å². The van der Waals surface area contributed by atoms with Crippen LogP contribution < -0.4 is 5.73 Å². The van der Waals surface area contributed by atoms with Crippen LogP contribution in [0.25, 0.3) is 0 Å². The number of anilines is 1. The Morgan fingerprint density at radius 1 is 1.39 bits per heavy atom. The third-order valence-corrected chi connectivity index (χ3v) is 3.68. The Labute approximate surface area is 117 Å². The molecule has 2 rings (SSSR count). The van der Waals surface area contributed by atoms with Crippen LogP contribution in [0.1, 0.15) is 24.8 Å². The highest BCUT2D eigenvalue weighted by atomic mass is 79.9. The van der Waals surface area contributed by atoms with E-state index < -0.39 is 0 Å². The van der Waals surface area contributed by atoms with Crippen molar-refractivity contribution in [2.24, 2.45) is 0 Å². The highest BCUT2D eigenvalue weighted by molar-refractivity contribution is 9.10. The highest BCUT2D eigenvalue weighted by Gasteiger charge is 2.15. The molecule has 4 heteroatoms. The normalized spacial score (nSPS) is 20.3. The maximum atomic E-state index is 5.85. The minimum Gasteiger partial charge on any atom is -0.399 e. The van der Waals surface area contributed by atoms with Crippen molar-refractivity contribution in [1.82, 2.24) is 4.90 Å². The van der Waals surface area contributed by atoms with Crippen molar-refractivity contribution < 1.29 is 4.74 Å². The smallest absolute Gasteiger partial charge is 0.0702 e. The lowest BCUT2D eigenvalue weighted by molar-refractivity contribution is -0.00258. The maximum Gasteiger partial charge on any atom is 0.0702 e. The van der Waals surface area contributed by atoms with Crippen LogP contribution >= 0.6 is 15.9 Å². The van der Waals surface area contributed by atoms with Crippen LogP contribution in [0.5, 0.6) is 0 Å². The molecule has 18 heavy (non-hydrogen) atoms. The fourth-order valence-electron chi connectivity index (χ4n) is 2.44. The van der Waals surface area contributed by atoms with E-state index in [4.69, 9.17) is 10.5 Å². The maximum absolute atomic E-state index is 5.85. The lowest BCUT2D eigenvalue weighted by Crippen LogP contribution is -2.33. The molecule has 1 saturated heterocycles. The van der Waals surface area contributed by atoms with E-state index in [1.165, 1.54) is 24.8 Å².